The van der Waals surface area contributed by atoms with E-state index in [1.165, 1.54) is 0 Å². The first kappa shape index (κ1) is 7.97. The van der Waals surface area contributed by atoms with Gasteiger partial charge in [0, 0.05) is 38.3 Å². The van der Waals surface area contributed by atoms with Crippen LogP contribution in [-0.4, -0.2) is 0 Å². The summed E-state index contributed by atoms with van der Waals surface area (Å²) in [5, 5.41) is 1.13. The van der Waals surface area contributed by atoms with E-state index < -0.39 is 0 Å². The fraction of sp³-hybridized carbons (Fsp3) is 0. The van der Waals surface area contributed by atoms with Gasteiger partial charge in [-0.1, -0.05) is 5.39 Å². The van der Waals surface area contributed by atoms with Crippen molar-refractivity contribution in [2.24, 2.45) is 0 Å². The van der Waals surface area contributed by atoms with Gasteiger partial charge < -0.3 is 4.42 Å². The van der Waals surface area contributed by atoms with Crippen molar-refractivity contribution in [3.05, 3.63) is 36.6 Å². The maximum Gasteiger partial charge on any atom is 0.0720 e. The molecule has 1 nitrogen and oxygen atoms in total. The van der Waals surface area contributed by atoms with Gasteiger partial charge in [-0.2, -0.15) is 18.2 Å². The molecule has 0 saturated heterocycles. The van der Waals surface area contributed by atoms with Gasteiger partial charge in [-0.25, -0.2) is 0 Å². The Hall–Kier alpha value is -0.136. The van der Waals surface area contributed by atoms with Crippen molar-refractivity contribution in [2.45, 2.75) is 0 Å². The molecule has 0 atom stereocenters. The van der Waals surface area contributed by atoms with Crippen LogP contribution in [0.5, 0.6) is 0 Å². The van der Waals surface area contributed by atoms with E-state index in [0.29, 0.717) is 0 Å². The van der Waals surface area contributed by atoms with Gasteiger partial charge in [-0.05, 0) is 6.07 Å². The minimum atomic E-state index is 0. The van der Waals surface area contributed by atoms with Crippen LogP contribution in [0.2, 0.25) is 0 Å². The zero-order chi connectivity index (χ0) is 6.10. The fourth-order valence-corrected chi connectivity index (χ4v) is 0.848. The first-order valence-corrected chi connectivity index (χ1v) is 2.80. The second-order valence-corrected chi connectivity index (χ2v) is 1.88. The number of rotatable bonds is 0. The van der Waals surface area contributed by atoms with E-state index in [1.807, 2.05) is 24.3 Å². The largest absolute Gasteiger partial charge is 0.523 e. The van der Waals surface area contributed by atoms with Crippen LogP contribution in [0.3, 0.4) is 0 Å². The van der Waals surface area contributed by atoms with Gasteiger partial charge in [-0.3, -0.25) is 0 Å². The Balaban J connectivity index is 0.000000500. The van der Waals surface area contributed by atoms with E-state index in [1.54, 1.807) is 6.26 Å². The summed E-state index contributed by atoms with van der Waals surface area (Å²) in [7, 11) is 0. The standard InChI is InChI=1S/C8H5O.Y/c1-2-4-8-7(3-1)5-6-9-8;/h1,3-6H;/q-1;. The molecule has 2 aromatic rings. The number of benzene rings is 1. The molecule has 1 aromatic heterocycles. The molecule has 1 heterocycles. The molecule has 0 aliphatic rings. The Labute approximate surface area is 84.3 Å². The molecular weight excluding hydrogens is 201 g/mol. The second-order valence-electron chi connectivity index (χ2n) is 1.88. The van der Waals surface area contributed by atoms with E-state index in [9.17, 15) is 0 Å². The van der Waals surface area contributed by atoms with Gasteiger partial charge in [-0.15, -0.1) is 6.07 Å². The molecule has 0 saturated carbocycles. The number of hydrogen-bond acceptors (Lipinski definition) is 1. The van der Waals surface area contributed by atoms with Crippen molar-refractivity contribution in [2.75, 3.05) is 0 Å². The fourth-order valence-electron chi connectivity index (χ4n) is 0.848. The van der Waals surface area contributed by atoms with Gasteiger partial charge in [0.1, 0.15) is 0 Å². The zero-order valence-electron chi connectivity index (χ0n) is 5.37. The maximum atomic E-state index is 5.09. The molecule has 1 radical (unpaired) electrons. The first-order valence-electron chi connectivity index (χ1n) is 2.80. The molecule has 0 spiro atoms. The van der Waals surface area contributed by atoms with Gasteiger partial charge in [0.15, 0.2) is 0 Å². The van der Waals surface area contributed by atoms with Crippen LogP contribution in [0.1, 0.15) is 0 Å². The molecular formula is C8H5OY-. The Morgan fingerprint density at radius 2 is 2.20 bits per heavy atom. The van der Waals surface area contributed by atoms with Crippen molar-refractivity contribution in [1.82, 2.24) is 0 Å². The summed E-state index contributed by atoms with van der Waals surface area (Å²) in [5.41, 5.74) is 0.900. The van der Waals surface area contributed by atoms with Crippen molar-refractivity contribution in [1.29, 1.82) is 0 Å². The summed E-state index contributed by atoms with van der Waals surface area (Å²) < 4.78 is 5.09. The van der Waals surface area contributed by atoms with Gasteiger partial charge in [0.05, 0.1) is 6.26 Å². The van der Waals surface area contributed by atoms with Gasteiger partial charge in [0.25, 0.3) is 0 Å². The summed E-state index contributed by atoms with van der Waals surface area (Å²) in [6.45, 7) is 0. The maximum absolute atomic E-state index is 5.09. The second kappa shape index (κ2) is 3.31. The summed E-state index contributed by atoms with van der Waals surface area (Å²) in [6.07, 6.45) is 1.68. The predicted octanol–water partition coefficient (Wildman–Crippen LogP) is 2.23. The van der Waals surface area contributed by atoms with E-state index in [2.05, 4.69) is 6.07 Å². The molecule has 0 aliphatic heterocycles. The quantitative estimate of drug-likeness (QED) is 0.602. The molecule has 47 valence electrons. The van der Waals surface area contributed by atoms with Crippen LogP contribution >= 0.6 is 0 Å². The normalized spacial score (nSPS) is 9.20. The van der Waals surface area contributed by atoms with Crippen LogP contribution < -0.4 is 0 Å². The molecule has 0 unspecified atom stereocenters. The van der Waals surface area contributed by atoms with E-state index in [4.69, 9.17) is 4.42 Å². The van der Waals surface area contributed by atoms with Crippen molar-refractivity contribution in [3.63, 3.8) is 0 Å². The summed E-state index contributed by atoms with van der Waals surface area (Å²) in [4.78, 5) is 0. The Morgan fingerprint density at radius 3 is 3.00 bits per heavy atom. The average molecular weight is 206 g/mol. The van der Waals surface area contributed by atoms with E-state index in [-0.39, 0.29) is 32.7 Å². The Kier molecular flexibility index (Phi) is 2.64. The Morgan fingerprint density at radius 1 is 1.30 bits per heavy atom. The molecule has 1 aromatic carbocycles. The summed E-state index contributed by atoms with van der Waals surface area (Å²) in [6, 6.07) is 10.5. The minimum Gasteiger partial charge on any atom is -0.523 e. The van der Waals surface area contributed by atoms with Crippen LogP contribution in [0.4, 0.5) is 0 Å². The average Bonchev–Trinajstić information content (AvgIpc) is 2.33. The smallest absolute Gasteiger partial charge is 0.0720 e. The van der Waals surface area contributed by atoms with Crippen LogP contribution in [0, 0.1) is 6.07 Å². The zero-order valence-corrected chi connectivity index (χ0v) is 8.21. The van der Waals surface area contributed by atoms with Crippen molar-refractivity contribution in [3.8, 4) is 0 Å². The third kappa shape index (κ3) is 1.30. The molecule has 0 N–H and O–H groups in total. The molecule has 2 heteroatoms. The predicted molar refractivity (Wildman–Crippen MR) is 35.1 cm³/mol. The molecule has 0 amide bonds. The third-order valence-electron chi connectivity index (χ3n) is 1.30. The van der Waals surface area contributed by atoms with Gasteiger partial charge >= 0.3 is 0 Å². The van der Waals surface area contributed by atoms with Crippen molar-refractivity contribution >= 4 is 11.0 Å². The van der Waals surface area contributed by atoms with E-state index in [0.717, 1.165) is 11.0 Å². The number of fused-ring (bicyclic) bond motifs is 1. The molecule has 0 aliphatic carbocycles. The van der Waals surface area contributed by atoms with Crippen LogP contribution in [0.15, 0.2) is 34.9 Å². The molecule has 0 fully saturated rings. The number of hydrogen-bond donors (Lipinski definition) is 0. The van der Waals surface area contributed by atoms with Crippen molar-refractivity contribution < 1.29 is 37.1 Å². The van der Waals surface area contributed by atoms with Gasteiger partial charge in [0.2, 0.25) is 0 Å². The molecule has 10 heavy (non-hydrogen) atoms. The van der Waals surface area contributed by atoms with E-state index >= 15 is 0 Å². The first-order chi connectivity index (χ1) is 4.47. The minimum absolute atomic E-state index is 0. The monoisotopic (exact) mass is 206 g/mol. The summed E-state index contributed by atoms with van der Waals surface area (Å²) in [5.74, 6) is 0. The molecule has 0 bridgehead atoms. The van der Waals surface area contributed by atoms with Crippen LogP contribution in [-0.2, 0) is 32.7 Å². The molecule has 2 rings (SSSR count). The topological polar surface area (TPSA) is 13.1 Å². The van der Waals surface area contributed by atoms with Crippen LogP contribution in [0.25, 0.3) is 11.0 Å². The Bertz CT molecular complexity index is 283. The number of furan rings is 1. The SMILES string of the molecule is [Y].[c-]1ccc2ccoc2c1. The summed E-state index contributed by atoms with van der Waals surface area (Å²) >= 11 is 0. The third-order valence-corrected chi connectivity index (χ3v) is 1.30.